The van der Waals surface area contributed by atoms with E-state index in [2.05, 4.69) is 5.32 Å². The van der Waals surface area contributed by atoms with Crippen LogP contribution in [0.4, 0.5) is 0 Å². The summed E-state index contributed by atoms with van der Waals surface area (Å²) in [5, 5.41) is 23.3. The van der Waals surface area contributed by atoms with Crippen LogP contribution < -0.4 is 5.32 Å². The van der Waals surface area contributed by atoms with Gasteiger partial charge in [-0.2, -0.15) is 0 Å². The minimum absolute atomic E-state index is 0.168. The molecule has 2 fully saturated rings. The van der Waals surface area contributed by atoms with Crippen molar-refractivity contribution in [2.24, 2.45) is 11.8 Å². The lowest BCUT2D eigenvalue weighted by Gasteiger charge is -2.29. The van der Waals surface area contributed by atoms with E-state index < -0.39 is 47.8 Å². The van der Waals surface area contributed by atoms with Crippen molar-refractivity contribution in [1.82, 2.24) is 10.2 Å². The number of aliphatic carboxylic acids is 1. The summed E-state index contributed by atoms with van der Waals surface area (Å²) >= 11 is 1.52. The molecule has 8 heteroatoms. The van der Waals surface area contributed by atoms with E-state index in [4.69, 9.17) is 0 Å². The SMILES string of the molecule is O=C1C2C(c3ccc(C=Cc4ccccc4)cc3)NC(CO)(C(=O)O)C2C(=O)N1CCSc1ccccc1. The van der Waals surface area contributed by atoms with E-state index in [1.807, 2.05) is 97.1 Å². The maximum Gasteiger partial charge on any atom is 0.327 e. The maximum atomic E-state index is 13.5. The van der Waals surface area contributed by atoms with Crippen LogP contribution in [0.1, 0.15) is 22.7 Å². The summed E-state index contributed by atoms with van der Waals surface area (Å²) in [5.41, 5.74) is 0.754. The quantitative estimate of drug-likeness (QED) is 0.221. The van der Waals surface area contributed by atoms with Gasteiger partial charge in [0.1, 0.15) is 0 Å². The number of nitrogens with one attached hydrogen (secondary N) is 1. The fourth-order valence-corrected chi connectivity index (χ4v) is 6.18. The molecular weight excluding hydrogens is 500 g/mol. The highest BCUT2D eigenvalue weighted by Crippen LogP contribution is 2.48. The zero-order chi connectivity index (χ0) is 26.7. The normalized spacial score (nSPS) is 24.8. The second-order valence-electron chi connectivity index (χ2n) is 9.46. The number of hydrogen-bond donors (Lipinski definition) is 3. The van der Waals surface area contributed by atoms with Crippen molar-refractivity contribution < 1.29 is 24.6 Å². The Morgan fingerprint density at radius 3 is 2.11 bits per heavy atom. The van der Waals surface area contributed by atoms with E-state index in [1.165, 1.54) is 16.7 Å². The molecular formula is C30H28N2O5S. The number of carbonyl (C=O) groups excluding carboxylic acids is 2. The van der Waals surface area contributed by atoms with Crippen LogP contribution in [-0.2, 0) is 14.4 Å². The fraction of sp³-hybridized carbons (Fsp3) is 0.233. The van der Waals surface area contributed by atoms with Gasteiger partial charge in [0.2, 0.25) is 11.8 Å². The van der Waals surface area contributed by atoms with Crippen LogP contribution in [0.5, 0.6) is 0 Å². The number of likely N-dealkylation sites (tertiary alicyclic amines) is 1. The van der Waals surface area contributed by atoms with Crippen LogP contribution >= 0.6 is 11.8 Å². The minimum atomic E-state index is -1.94. The number of benzene rings is 3. The molecule has 3 N–H and O–H groups in total. The summed E-state index contributed by atoms with van der Waals surface area (Å²) in [5.74, 6) is -3.93. The summed E-state index contributed by atoms with van der Waals surface area (Å²) in [7, 11) is 0. The van der Waals surface area contributed by atoms with Gasteiger partial charge in [0.25, 0.3) is 0 Å². The summed E-state index contributed by atoms with van der Waals surface area (Å²) in [6.45, 7) is -0.634. The van der Waals surface area contributed by atoms with Gasteiger partial charge in [-0.15, -0.1) is 11.8 Å². The van der Waals surface area contributed by atoms with Gasteiger partial charge in [0.15, 0.2) is 5.54 Å². The smallest absolute Gasteiger partial charge is 0.327 e. The molecule has 2 amide bonds. The first-order valence-corrected chi connectivity index (χ1v) is 13.4. The summed E-state index contributed by atoms with van der Waals surface area (Å²) in [6, 6.07) is 26.3. The topological polar surface area (TPSA) is 107 Å². The number of carbonyl (C=O) groups is 3. The Labute approximate surface area is 225 Å². The molecule has 2 aliphatic rings. The zero-order valence-electron chi connectivity index (χ0n) is 20.6. The molecule has 0 saturated carbocycles. The monoisotopic (exact) mass is 528 g/mol. The highest BCUT2D eigenvalue weighted by atomic mass is 32.2. The molecule has 38 heavy (non-hydrogen) atoms. The zero-order valence-corrected chi connectivity index (χ0v) is 21.4. The second-order valence-corrected chi connectivity index (χ2v) is 10.6. The Morgan fingerprint density at radius 1 is 0.895 bits per heavy atom. The molecule has 4 unspecified atom stereocenters. The number of aliphatic hydroxyl groups is 1. The first kappa shape index (κ1) is 25.9. The highest BCUT2D eigenvalue weighted by molar-refractivity contribution is 7.99. The number of carboxylic acids is 1. The number of amides is 2. The predicted octanol–water partition coefficient (Wildman–Crippen LogP) is 3.71. The Bertz CT molecular complexity index is 1350. The van der Waals surface area contributed by atoms with Crippen LogP contribution in [0.2, 0.25) is 0 Å². The number of aliphatic hydroxyl groups excluding tert-OH is 1. The van der Waals surface area contributed by atoms with Gasteiger partial charge < -0.3 is 10.2 Å². The first-order chi connectivity index (χ1) is 18.4. The molecule has 3 aromatic rings. The number of rotatable bonds is 9. The van der Waals surface area contributed by atoms with Gasteiger partial charge in [-0.1, -0.05) is 84.9 Å². The summed E-state index contributed by atoms with van der Waals surface area (Å²) in [4.78, 5) is 41.6. The van der Waals surface area contributed by atoms with E-state index in [1.54, 1.807) is 0 Å². The molecule has 0 aliphatic carbocycles. The molecule has 0 spiro atoms. The average molecular weight is 529 g/mol. The number of carboxylic acid groups (broad SMARTS) is 1. The molecule has 4 atom stereocenters. The van der Waals surface area contributed by atoms with Crippen LogP contribution in [0.25, 0.3) is 12.2 Å². The van der Waals surface area contributed by atoms with Crippen molar-refractivity contribution in [3.63, 3.8) is 0 Å². The molecule has 3 aromatic carbocycles. The Hall–Kier alpha value is -3.72. The third kappa shape index (κ3) is 4.78. The van der Waals surface area contributed by atoms with Crippen molar-refractivity contribution in [3.05, 3.63) is 102 Å². The Kier molecular flexibility index (Phi) is 7.46. The average Bonchev–Trinajstić information content (AvgIpc) is 3.43. The number of thioether (sulfide) groups is 1. The van der Waals surface area contributed by atoms with Crippen LogP contribution in [-0.4, -0.2) is 57.3 Å². The van der Waals surface area contributed by atoms with Gasteiger partial charge in [-0.05, 0) is 28.8 Å². The molecule has 194 valence electrons. The Morgan fingerprint density at radius 2 is 1.50 bits per heavy atom. The van der Waals surface area contributed by atoms with Crippen molar-refractivity contribution in [2.45, 2.75) is 16.5 Å². The third-order valence-corrected chi connectivity index (χ3v) is 8.26. The number of fused-ring (bicyclic) bond motifs is 1. The van der Waals surface area contributed by atoms with Gasteiger partial charge in [-0.25, -0.2) is 0 Å². The van der Waals surface area contributed by atoms with Gasteiger partial charge >= 0.3 is 5.97 Å². The molecule has 0 bridgehead atoms. The predicted molar refractivity (Wildman–Crippen MR) is 146 cm³/mol. The van der Waals surface area contributed by atoms with E-state index in [9.17, 15) is 24.6 Å². The first-order valence-electron chi connectivity index (χ1n) is 12.4. The Balaban J connectivity index is 1.38. The maximum absolute atomic E-state index is 13.5. The lowest BCUT2D eigenvalue weighted by atomic mass is 9.79. The lowest BCUT2D eigenvalue weighted by Crippen LogP contribution is -2.58. The van der Waals surface area contributed by atoms with Crippen LogP contribution in [0.3, 0.4) is 0 Å². The molecule has 2 saturated heterocycles. The number of imide groups is 1. The summed E-state index contributed by atoms with van der Waals surface area (Å²) < 4.78 is 0. The van der Waals surface area contributed by atoms with Gasteiger partial charge in [0.05, 0.1) is 18.4 Å². The van der Waals surface area contributed by atoms with E-state index in [0.717, 1.165) is 16.0 Å². The standard InChI is InChI=1S/C30H28N2O5S/c33-19-30(29(36)37)25-24(27(34)32(28(25)35)17-18-38-23-9-5-2-6-10-23)26(31-30)22-15-13-21(14-16-22)12-11-20-7-3-1-4-8-20/h1-16,24-26,31,33H,17-19H2,(H,36,37). The van der Waals surface area contributed by atoms with E-state index in [0.29, 0.717) is 11.3 Å². The second kappa shape index (κ2) is 10.9. The minimum Gasteiger partial charge on any atom is -0.480 e. The van der Waals surface area contributed by atoms with Gasteiger partial charge in [0, 0.05) is 23.2 Å². The molecule has 7 nitrogen and oxygen atoms in total. The van der Waals surface area contributed by atoms with Crippen molar-refractivity contribution >= 4 is 41.7 Å². The lowest BCUT2D eigenvalue weighted by molar-refractivity contribution is -0.153. The molecule has 2 aliphatic heterocycles. The largest absolute Gasteiger partial charge is 0.480 e. The van der Waals surface area contributed by atoms with Crippen molar-refractivity contribution in [1.29, 1.82) is 0 Å². The summed E-state index contributed by atoms with van der Waals surface area (Å²) in [6.07, 6.45) is 3.96. The van der Waals surface area contributed by atoms with Crippen LogP contribution in [0, 0.1) is 11.8 Å². The highest BCUT2D eigenvalue weighted by Gasteiger charge is 2.68. The molecule has 2 heterocycles. The molecule has 5 rings (SSSR count). The fourth-order valence-electron chi connectivity index (χ4n) is 5.32. The number of hydrogen-bond acceptors (Lipinski definition) is 6. The number of nitrogens with zero attached hydrogens (tertiary/aromatic N) is 1. The van der Waals surface area contributed by atoms with E-state index >= 15 is 0 Å². The molecule has 0 radical (unpaired) electrons. The van der Waals surface area contributed by atoms with Crippen molar-refractivity contribution in [3.8, 4) is 0 Å². The van der Waals surface area contributed by atoms with Crippen LogP contribution in [0.15, 0.2) is 89.8 Å². The van der Waals surface area contributed by atoms with Crippen molar-refractivity contribution in [2.75, 3.05) is 18.9 Å². The third-order valence-electron chi connectivity index (χ3n) is 7.27. The van der Waals surface area contributed by atoms with Gasteiger partial charge in [-0.3, -0.25) is 24.6 Å². The molecule has 0 aromatic heterocycles. The van der Waals surface area contributed by atoms with E-state index in [-0.39, 0.29) is 6.54 Å².